The Bertz CT molecular complexity index is 1570. The van der Waals surface area contributed by atoms with E-state index in [4.69, 9.17) is 0 Å². The molecule has 1 atom stereocenters. The first-order valence-corrected chi connectivity index (χ1v) is 16.5. The average Bonchev–Trinajstić information content (AvgIpc) is 3.06. The third-order valence-corrected chi connectivity index (χ3v) is 9.16. The highest BCUT2D eigenvalue weighted by Crippen LogP contribution is 2.27. The molecule has 0 aromatic heterocycles. The lowest BCUT2D eigenvalue weighted by atomic mass is 9.90. The molecule has 6 heteroatoms. The lowest BCUT2D eigenvalue weighted by molar-refractivity contribution is 0.0730. The highest BCUT2D eigenvalue weighted by Gasteiger charge is 2.20. The van der Waals surface area contributed by atoms with Crippen LogP contribution in [0.1, 0.15) is 52.4 Å². The van der Waals surface area contributed by atoms with Crippen LogP contribution in [-0.4, -0.2) is 54.5 Å². The fourth-order valence-corrected chi connectivity index (χ4v) is 6.80. The summed E-state index contributed by atoms with van der Waals surface area (Å²) in [5.74, 6) is 0.385. The summed E-state index contributed by atoms with van der Waals surface area (Å²) in [6, 6.07) is 32.2. The van der Waals surface area contributed by atoms with Gasteiger partial charge in [0.15, 0.2) is 0 Å². The molecular formula is C39H45FN4O. The summed E-state index contributed by atoms with van der Waals surface area (Å²) >= 11 is 0. The van der Waals surface area contributed by atoms with Gasteiger partial charge in [-0.3, -0.25) is 9.69 Å². The van der Waals surface area contributed by atoms with E-state index >= 15 is 4.39 Å². The number of benzene rings is 4. The topological polar surface area (TPSA) is 47.6 Å². The first-order valence-electron chi connectivity index (χ1n) is 16.5. The van der Waals surface area contributed by atoms with E-state index < -0.39 is 0 Å². The van der Waals surface area contributed by atoms with Crippen LogP contribution in [0.3, 0.4) is 0 Å². The van der Waals surface area contributed by atoms with Crippen LogP contribution in [0.5, 0.6) is 0 Å². The summed E-state index contributed by atoms with van der Waals surface area (Å²) in [7, 11) is 0. The van der Waals surface area contributed by atoms with Crippen LogP contribution in [0.25, 0.3) is 11.1 Å². The van der Waals surface area contributed by atoms with Crippen molar-refractivity contribution in [2.45, 2.75) is 51.9 Å². The van der Waals surface area contributed by atoms with Gasteiger partial charge in [-0.05, 0) is 103 Å². The molecule has 0 unspecified atom stereocenters. The molecule has 234 valence electrons. The highest BCUT2D eigenvalue weighted by molar-refractivity contribution is 5.94. The summed E-state index contributed by atoms with van der Waals surface area (Å²) in [6.07, 6.45) is 3.33. The van der Waals surface area contributed by atoms with Crippen molar-refractivity contribution in [2.75, 3.05) is 32.7 Å². The predicted molar refractivity (Wildman–Crippen MR) is 180 cm³/mol. The summed E-state index contributed by atoms with van der Waals surface area (Å²) in [5, 5.41) is 6.94. The third-order valence-electron chi connectivity index (χ3n) is 9.16. The number of carbonyl (C=O) groups excluding carboxylic acids is 1. The van der Waals surface area contributed by atoms with Crippen LogP contribution >= 0.6 is 0 Å². The zero-order chi connectivity index (χ0) is 31.0. The molecule has 0 aliphatic carbocycles. The quantitative estimate of drug-likeness (QED) is 0.212. The van der Waals surface area contributed by atoms with E-state index in [1.165, 1.54) is 24.0 Å². The molecule has 2 aliphatic rings. The van der Waals surface area contributed by atoms with Gasteiger partial charge in [-0.25, -0.2) is 4.39 Å². The minimum absolute atomic E-state index is 0.0101. The predicted octanol–water partition coefficient (Wildman–Crippen LogP) is 6.67. The van der Waals surface area contributed by atoms with Crippen LogP contribution in [0, 0.1) is 11.7 Å². The van der Waals surface area contributed by atoms with Crippen molar-refractivity contribution < 1.29 is 9.18 Å². The Morgan fingerprint density at radius 3 is 2.40 bits per heavy atom. The van der Waals surface area contributed by atoms with E-state index in [0.717, 1.165) is 62.4 Å². The number of hydrogen-bond donors (Lipinski definition) is 2. The van der Waals surface area contributed by atoms with Crippen molar-refractivity contribution in [1.82, 2.24) is 20.4 Å². The second-order valence-corrected chi connectivity index (χ2v) is 12.8. The molecule has 4 aromatic carbocycles. The maximum Gasteiger partial charge on any atom is 0.254 e. The number of carbonyl (C=O) groups is 1. The first kappa shape index (κ1) is 31.2. The van der Waals surface area contributed by atoms with Crippen molar-refractivity contribution in [3.05, 3.63) is 131 Å². The molecule has 45 heavy (non-hydrogen) atoms. The van der Waals surface area contributed by atoms with E-state index in [1.54, 1.807) is 6.07 Å². The van der Waals surface area contributed by atoms with Crippen LogP contribution in [0.4, 0.5) is 4.39 Å². The molecule has 2 N–H and O–H groups in total. The lowest BCUT2D eigenvalue weighted by Gasteiger charge is -2.31. The molecule has 2 heterocycles. The second-order valence-electron chi connectivity index (χ2n) is 12.8. The largest absolute Gasteiger partial charge is 0.330 e. The van der Waals surface area contributed by atoms with E-state index in [1.807, 2.05) is 59.5 Å². The van der Waals surface area contributed by atoms with Crippen LogP contribution in [0.2, 0.25) is 0 Å². The number of nitrogens with zero attached hydrogens (tertiary/aromatic N) is 2. The Kier molecular flexibility index (Phi) is 10.4. The summed E-state index contributed by atoms with van der Waals surface area (Å²) < 4.78 is 15.3. The Balaban J connectivity index is 1.23. The van der Waals surface area contributed by atoms with E-state index in [0.29, 0.717) is 36.2 Å². The van der Waals surface area contributed by atoms with Gasteiger partial charge in [-0.15, -0.1) is 0 Å². The minimum Gasteiger partial charge on any atom is -0.330 e. The van der Waals surface area contributed by atoms with Gasteiger partial charge in [-0.1, -0.05) is 66.7 Å². The number of amides is 1. The maximum absolute atomic E-state index is 15.3. The average molecular weight is 605 g/mol. The molecule has 2 aliphatic heterocycles. The normalized spacial score (nSPS) is 17.7. The molecule has 1 amide bonds. The van der Waals surface area contributed by atoms with Gasteiger partial charge in [0, 0.05) is 56.4 Å². The third kappa shape index (κ3) is 8.46. The Labute approximate surface area is 267 Å². The van der Waals surface area contributed by atoms with Crippen LogP contribution in [-0.2, 0) is 26.1 Å². The van der Waals surface area contributed by atoms with Crippen molar-refractivity contribution in [3.63, 3.8) is 0 Å². The number of rotatable bonds is 10. The number of nitrogens with one attached hydrogen (secondary N) is 2. The highest BCUT2D eigenvalue weighted by atomic mass is 19.1. The van der Waals surface area contributed by atoms with Crippen molar-refractivity contribution in [1.29, 1.82) is 0 Å². The number of hydrogen-bond acceptors (Lipinski definition) is 4. The molecule has 5 nitrogen and oxygen atoms in total. The zero-order valence-electron chi connectivity index (χ0n) is 26.4. The van der Waals surface area contributed by atoms with Gasteiger partial charge in [-0.2, -0.15) is 0 Å². The maximum atomic E-state index is 15.3. The second kappa shape index (κ2) is 15.0. The minimum atomic E-state index is -0.252. The van der Waals surface area contributed by atoms with E-state index in [9.17, 15) is 4.79 Å². The SMILES string of the molecule is C[C@H]1CN(Cc2cccc(-c3cc(CN(Cc4ccccc4)C(=O)c4cccc(CC5CCNCC5)c4)ccc3F)c2)CCN1. The number of halogens is 1. The molecule has 4 aromatic rings. The van der Waals surface area contributed by atoms with Gasteiger partial charge in [0.05, 0.1) is 0 Å². The van der Waals surface area contributed by atoms with Gasteiger partial charge in [0.1, 0.15) is 5.82 Å². The van der Waals surface area contributed by atoms with Gasteiger partial charge < -0.3 is 15.5 Å². The molecular weight excluding hydrogens is 559 g/mol. The molecule has 6 rings (SSSR count). The number of piperidine rings is 1. The van der Waals surface area contributed by atoms with Gasteiger partial charge in [0.25, 0.3) is 5.91 Å². The van der Waals surface area contributed by atoms with Crippen LogP contribution in [0.15, 0.2) is 97.1 Å². The van der Waals surface area contributed by atoms with E-state index in [-0.39, 0.29) is 11.7 Å². The monoisotopic (exact) mass is 604 g/mol. The summed E-state index contributed by atoms with van der Waals surface area (Å²) in [6.45, 7) is 9.03. The molecule has 0 bridgehead atoms. The van der Waals surface area contributed by atoms with Gasteiger partial charge >= 0.3 is 0 Å². The van der Waals surface area contributed by atoms with Gasteiger partial charge in [0.2, 0.25) is 0 Å². The fraction of sp³-hybridized carbons (Fsp3) is 0.359. The molecule has 2 fully saturated rings. The van der Waals surface area contributed by atoms with Crippen molar-refractivity contribution >= 4 is 5.91 Å². The molecule has 0 saturated carbocycles. The standard InChI is InChI=1S/C39H45FN4O/c1-29-25-43(20-19-42-29)26-33-10-6-11-35(23-33)37-24-34(13-14-38(37)40)28-44(27-31-7-3-2-4-8-31)39(45)36-12-5-9-32(22-36)21-30-15-17-41-18-16-30/h2-14,22-24,29-30,41-42H,15-21,25-28H2,1H3/t29-/m0/s1. The van der Waals surface area contributed by atoms with Crippen molar-refractivity contribution in [2.24, 2.45) is 5.92 Å². The molecule has 0 spiro atoms. The molecule has 0 radical (unpaired) electrons. The van der Waals surface area contributed by atoms with E-state index in [2.05, 4.69) is 58.9 Å². The smallest absolute Gasteiger partial charge is 0.254 e. The lowest BCUT2D eigenvalue weighted by Crippen LogP contribution is -2.48. The Morgan fingerprint density at radius 2 is 1.58 bits per heavy atom. The summed E-state index contributed by atoms with van der Waals surface area (Å²) in [5.41, 5.74) is 6.50. The Hall–Kier alpha value is -3.84. The van der Waals surface area contributed by atoms with Crippen LogP contribution < -0.4 is 10.6 Å². The first-order chi connectivity index (χ1) is 22.0. The van der Waals surface area contributed by atoms with Crippen molar-refractivity contribution in [3.8, 4) is 11.1 Å². The fourth-order valence-electron chi connectivity index (χ4n) is 6.80. The molecule has 2 saturated heterocycles. The summed E-state index contributed by atoms with van der Waals surface area (Å²) in [4.78, 5) is 18.4. The number of piperazine rings is 1. The zero-order valence-corrected chi connectivity index (χ0v) is 26.4. The Morgan fingerprint density at radius 1 is 0.822 bits per heavy atom.